The van der Waals surface area contributed by atoms with Crippen molar-refractivity contribution in [3.8, 4) is 0 Å². The molecule has 1 unspecified atom stereocenters. The Morgan fingerprint density at radius 1 is 1.41 bits per heavy atom. The minimum Gasteiger partial charge on any atom is -0.328 e. The number of para-hydroxylation sites is 1. The molecule has 3 nitrogen and oxygen atoms in total. The van der Waals surface area contributed by atoms with Crippen LogP contribution >= 0.6 is 11.8 Å². The first-order chi connectivity index (χ1) is 8.18. The quantitative estimate of drug-likeness (QED) is 0.828. The summed E-state index contributed by atoms with van der Waals surface area (Å²) >= 11 is 1.91. The van der Waals surface area contributed by atoms with E-state index in [-0.39, 0.29) is 0 Å². The SMILES string of the molecule is CC(N)CCSCc1nn(C)c2ccccc12. The number of hydrogen-bond acceptors (Lipinski definition) is 3. The Kier molecular flexibility index (Phi) is 4.07. The molecule has 2 aromatic rings. The van der Waals surface area contributed by atoms with E-state index >= 15 is 0 Å². The highest BCUT2D eigenvalue weighted by Gasteiger charge is 2.07. The number of aromatic nitrogens is 2. The molecule has 1 atom stereocenters. The molecule has 0 aliphatic carbocycles. The zero-order valence-corrected chi connectivity index (χ0v) is 11.2. The smallest absolute Gasteiger partial charge is 0.0802 e. The summed E-state index contributed by atoms with van der Waals surface area (Å²) in [5, 5.41) is 5.84. The van der Waals surface area contributed by atoms with Crippen LogP contribution in [0.2, 0.25) is 0 Å². The number of benzene rings is 1. The molecule has 1 heterocycles. The molecule has 1 aromatic heterocycles. The second-order valence-corrected chi connectivity index (χ2v) is 5.51. The molecule has 0 saturated heterocycles. The monoisotopic (exact) mass is 249 g/mol. The van der Waals surface area contributed by atoms with E-state index in [1.807, 2.05) is 23.5 Å². The van der Waals surface area contributed by atoms with E-state index in [2.05, 4.69) is 36.3 Å². The fourth-order valence-electron chi connectivity index (χ4n) is 1.83. The predicted octanol–water partition coefficient (Wildman–Crippen LogP) is 2.54. The Morgan fingerprint density at radius 3 is 2.94 bits per heavy atom. The average molecular weight is 249 g/mol. The van der Waals surface area contributed by atoms with Gasteiger partial charge in [0.15, 0.2) is 0 Å². The Morgan fingerprint density at radius 2 is 2.18 bits per heavy atom. The molecule has 0 aliphatic heterocycles. The summed E-state index contributed by atoms with van der Waals surface area (Å²) in [7, 11) is 2.00. The van der Waals surface area contributed by atoms with E-state index in [9.17, 15) is 0 Å². The molecule has 17 heavy (non-hydrogen) atoms. The average Bonchev–Trinajstić information content (AvgIpc) is 2.63. The van der Waals surface area contributed by atoms with Crippen molar-refractivity contribution >= 4 is 22.7 Å². The second-order valence-electron chi connectivity index (χ2n) is 4.41. The maximum absolute atomic E-state index is 5.73. The first-order valence-electron chi connectivity index (χ1n) is 5.92. The molecule has 0 aliphatic rings. The van der Waals surface area contributed by atoms with E-state index in [1.54, 1.807) is 0 Å². The minimum atomic E-state index is 0.294. The van der Waals surface area contributed by atoms with Crippen LogP contribution in [0, 0.1) is 0 Å². The summed E-state index contributed by atoms with van der Waals surface area (Å²) in [6.07, 6.45) is 1.06. The second kappa shape index (κ2) is 5.56. The van der Waals surface area contributed by atoms with Crippen molar-refractivity contribution in [2.24, 2.45) is 12.8 Å². The van der Waals surface area contributed by atoms with Gasteiger partial charge in [0.2, 0.25) is 0 Å². The summed E-state index contributed by atoms with van der Waals surface area (Å²) in [6, 6.07) is 8.67. The first kappa shape index (κ1) is 12.5. The van der Waals surface area contributed by atoms with E-state index < -0.39 is 0 Å². The lowest BCUT2D eigenvalue weighted by atomic mass is 10.2. The number of thioether (sulfide) groups is 1. The Hall–Kier alpha value is -1.00. The van der Waals surface area contributed by atoms with Gasteiger partial charge in [-0.25, -0.2) is 0 Å². The number of hydrogen-bond donors (Lipinski definition) is 1. The van der Waals surface area contributed by atoms with Gasteiger partial charge in [0.05, 0.1) is 11.2 Å². The van der Waals surface area contributed by atoms with Gasteiger partial charge in [0, 0.05) is 24.2 Å². The summed E-state index contributed by atoms with van der Waals surface area (Å²) in [5.41, 5.74) is 8.12. The van der Waals surface area contributed by atoms with Gasteiger partial charge < -0.3 is 5.73 Å². The molecule has 92 valence electrons. The van der Waals surface area contributed by atoms with Crippen molar-refractivity contribution in [2.75, 3.05) is 5.75 Å². The third-order valence-electron chi connectivity index (χ3n) is 2.79. The van der Waals surface area contributed by atoms with Crippen molar-refractivity contribution in [3.05, 3.63) is 30.0 Å². The van der Waals surface area contributed by atoms with Crippen molar-refractivity contribution in [2.45, 2.75) is 25.1 Å². The lowest BCUT2D eigenvalue weighted by molar-refractivity contribution is 0.721. The highest BCUT2D eigenvalue weighted by molar-refractivity contribution is 7.98. The van der Waals surface area contributed by atoms with Gasteiger partial charge in [0.1, 0.15) is 0 Å². The molecule has 0 radical (unpaired) electrons. The van der Waals surface area contributed by atoms with Gasteiger partial charge in [0.25, 0.3) is 0 Å². The lowest BCUT2D eigenvalue weighted by Gasteiger charge is -2.03. The van der Waals surface area contributed by atoms with Gasteiger partial charge in [-0.15, -0.1) is 0 Å². The normalized spacial score (nSPS) is 13.1. The summed E-state index contributed by atoms with van der Waals surface area (Å²) in [5.74, 6) is 2.07. The maximum Gasteiger partial charge on any atom is 0.0802 e. The molecule has 0 amide bonds. The van der Waals surface area contributed by atoms with Crippen molar-refractivity contribution in [1.29, 1.82) is 0 Å². The molecule has 0 saturated carbocycles. The van der Waals surface area contributed by atoms with Crippen molar-refractivity contribution in [1.82, 2.24) is 9.78 Å². The molecule has 2 N–H and O–H groups in total. The third kappa shape index (κ3) is 3.01. The van der Waals surface area contributed by atoms with E-state index in [0.29, 0.717) is 6.04 Å². The van der Waals surface area contributed by atoms with Crippen LogP contribution in [0.4, 0.5) is 0 Å². The van der Waals surface area contributed by atoms with Gasteiger partial charge in [-0.3, -0.25) is 4.68 Å². The molecule has 0 bridgehead atoms. The van der Waals surface area contributed by atoms with Crippen LogP contribution in [-0.2, 0) is 12.8 Å². The predicted molar refractivity (Wildman–Crippen MR) is 75.1 cm³/mol. The largest absolute Gasteiger partial charge is 0.328 e. The van der Waals surface area contributed by atoms with E-state index in [0.717, 1.165) is 17.9 Å². The van der Waals surface area contributed by atoms with Crippen LogP contribution < -0.4 is 5.73 Å². The lowest BCUT2D eigenvalue weighted by Crippen LogP contribution is -2.15. The highest BCUT2D eigenvalue weighted by atomic mass is 32.2. The van der Waals surface area contributed by atoms with Gasteiger partial charge in [-0.1, -0.05) is 18.2 Å². The van der Waals surface area contributed by atoms with Crippen LogP contribution in [0.5, 0.6) is 0 Å². The maximum atomic E-state index is 5.73. The Balaban J connectivity index is 2.04. The van der Waals surface area contributed by atoms with E-state index in [4.69, 9.17) is 5.73 Å². The van der Waals surface area contributed by atoms with Crippen LogP contribution in [-0.4, -0.2) is 21.6 Å². The van der Waals surface area contributed by atoms with Crippen LogP contribution in [0.25, 0.3) is 10.9 Å². The molecule has 0 fully saturated rings. The Bertz CT molecular complexity index is 490. The molecule has 0 spiro atoms. The number of nitrogens with zero attached hydrogens (tertiary/aromatic N) is 2. The zero-order valence-electron chi connectivity index (χ0n) is 10.4. The van der Waals surface area contributed by atoms with Crippen molar-refractivity contribution < 1.29 is 0 Å². The van der Waals surface area contributed by atoms with Crippen molar-refractivity contribution in [3.63, 3.8) is 0 Å². The minimum absolute atomic E-state index is 0.294. The topological polar surface area (TPSA) is 43.8 Å². The standard InChI is InChI=1S/C13H19N3S/c1-10(14)7-8-17-9-12-11-5-3-4-6-13(11)16(2)15-12/h3-6,10H,7-9,14H2,1-2H3. The number of fused-ring (bicyclic) bond motifs is 1. The third-order valence-corrected chi connectivity index (χ3v) is 3.79. The fraction of sp³-hybridized carbons (Fsp3) is 0.462. The summed E-state index contributed by atoms with van der Waals surface area (Å²) in [4.78, 5) is 0. The van der Waals surface area contributed by atoms with E-state index in [1.165, 1.54) is 16.6 Å². The van der Waals surface area contributed by atoms with Crippen LogP contribution in [0.15, 0.2) is 24.3 Å². The Labute approximate surface area is 106 Å². The highest BCUT2D eigenvalue weighted by Crippen LogP contribution is 2.21. The molecular formula is C13H19N3S. The summed E-state index contributed by atoms with van der Waals surface area (Å²) in [6.45, 7) is 2.05. The van der Waals surface area contributed by atoms with Gasteiger partial charge >= 0.3 is 0 Å². The number of aryl methyl sites for hydroxylation is 1. The molecule has 1 aromatic carbocycles. The van der Waals surface area contributed by atoms with Crippen LogP contribution in [0.3, 0.4) is 0 Å². The molecule has 4 heteroatoms. The first-order valence-corrected chi connectivity index (χ1v) is 7.08. The van der Waals surface area contributed by atoms with Gasteiger partial charge in [-0.2, -0.15) is 16.9 Å². The number of nitrogens with two attached hydrogens (primary N) is 1. The van der Waals surface area contributed by atoms with Crippen LogP contribution in [0.1, 0.15) is 19.0 Å². The molecule has 2 rings (SSSR count). The number of rotatable bonds is 5. The zero-order chi connectivity index (χ0) is 12.3. The molecular weight excluding hydrogens is 230 g/mol. The summed E-state index contributed by atoms with van der Waals surface area (Å²) < 4.78 is 1.96. The fourth-order valence-corrected chi connectivity index (χ4v) is 2.92. The van der Waals surface area contributed by atoms with Gasteiger partial charge in [-0.05, 0) is 25.2 Å².